The minimum atomic E-state index is -4.86. The Kier molecular flexibility index (Phi) is 5.04. The Balaban J connectivity index is 1.45. The van der Waals surface area contributed by atoms with Crippen molar-refractivity contribution in [1.82, 2.24) is 9.88 Å². The SMILES string of the molecule is O=C(c1ccccc1OC(F)(F)F)N1CC[C@@H](Nc2cc3ccc(Cl)cc3[nH]2)C1. The normalized spacial score (nSPS) is 17.0. The molecule has 2 heterocycles. The molecule has 2 aromatic carbocycles. The van der Waals surface area contributed by atoms with Crippen molar-refractivity contribution in [1.29, 1.82) is 0 Å². The molecule has 4 rings (SSSR count). The van der Waals surface area contributed by atoms with Gasteiger partial charge >= 0.3 is 6.36 Å². The fraction of sp³-hybridized carbons (Fsp3) is 0.250. The molecular formula is C20H17ClF3N3O2. The number of anilines is 1. The first-order valence-electron chi connectivity index (χ1n) is 8.97. The van der Waals surface area contributed by atoms with Crippen LogP contribution in [0.15, 0.2) is 48.5 Å². The number of ether oxygens (including phenoxy) is 1. The Labute approximate surface area is 169 Å². The number of carbonyl (C=O) groups is 1. The maximum atomic E-state index is 12.8. The largest absolute Gasteiger partial charge is 0.573 e. The molecule has 0 radical (unpaired) electrons. The predicted octanol–water partition coefficient (Wildman–Crippen LogP) is 5.05. The number of aromatic nitrogens is 1. The molecule has 3 aromatic rings. The zero-order chi connectivity index (χ0) is 20.6. The van der Waals surface area contributed by atoms with Crippen LogP contribution in [0.25, 0.3) is 10.9 Å². The van der Waals surface area contributed by atoms with Gasteiger partial charge in [-0.3, -0.25) is 4.79 Å². The first-order chi connectivity index (χ1) is 13.8. The van der Waals surface area contributed by atoms with Gasteiger partial charge in [0.1, 0.15) is 11.6 Å². The van der Waals surface area contributed by atoms with E-state index in [4.69, 9.17) is 11.6 Å². The molecule has 0 bridgehead atoms. The van der Waals surface area contributed by atoms with Crippen LogP contribution in [0.5, 0.6) is 5.75 Å². The molecule has 0 saturated carbocycles. The first-order valence-corrected chi connectivity index (χ1v) is 9.35. The zero-order valence-corrected chi connectivity index (χ0v) is 15.8. The van der Waals surface area contributed by atoms with E-state index in [2.05, 4.69) is 15.0 Å². The van der Waals surface area contributed by atoms with Gasteiger partial charge in [0.05, 0.1) is 5.56 Å². The molecule has 0 unspecified atom stereocenters. The molecule has 1 aliphatic heterocycles. The number of nitrogens with zero attached hydrogens (tertiary/aromatic N) is 1. The van der Waals surface area contributed by atoms with Crippen molar-refractivity contribution in [3.63, 3.8) is 0 Å². The van der Waals surface area contributed by atoms with E-state index in [0.29, 0.717) is 24.5 Å². The number of amides is 1. The number of fused-ring (bicyclic) bond motifs is 1. The smallest absolute Gasteiger partial charge is 0.405 e. The van der Waals surface area contributed by atoms with E-state index in [1.807, 2.05) is 18.2 Å². The minimum Gasteiger partial charge on any atom is -0.405 e. The third-order valence-corrected chi connectivity index (χ3v) is 5.00. The van der Waals surface area contributed by atoms with Gasteiger partial charge in [-0.1, -0.05) is 29.8 Å². The highest BCUT2D eigenvalue weighted by Crippen LogP contribution is 2.29. The van der Waals surface area contributed by atoms with Gasteiger partial charge in [0, 0.05) is 35.1 Å². The summed E-state index contributed by atoms with van der Waals surface area (Å²) in [6, 6.07) is 12.8. The Morgan fingerprint density at radius 3 is 2.79 bits per heavy atom. The van der Waals surface area contributed by atoms with Gasteiger partial charge in [-0.25, -0.2) is 0 Å². The number of hydrogen-bond acceptors (Lipinski definition) is 3. The number of H-pyrrole nitrogens is 1. The molecule has 152 valence electrons. The van der Waals surface area contributed by atoms with Crippen molar-refractivity contribution < 1.29 is 22.7 Å². The van der Waals surface area contributed by atoms with Crippen LogP contribution in [0.3, 0.4) is 0 Å². The van der Waals surface area contributed by atoms with E-state index in [9.17, 15) is 18.0 Å². The summed E-state index contributed by atoms with van der Waals surface area (Å²) in [5.41, 5.74) is 0.787. The number of rotatable bonds is 4. The second kappa shape index (κ2) is 7.51. The lowest BCUT2D eigenvalue weighted by molar-refractivity contribution is -0.274. The molecule has 5 nitrogen and oxygen atoms in total. The summed E-state index contributed by atoms with van der Waals surface area (Å²) in [5, 5.41) is 4.96. The number of benzene rings is 2. The quantitative estimate of drug-likeness (QED) is 0.617. The van der Waals surface area contributed by atoms with Gasteiger partial charge in [0.2, 0.25) is 0 Å². The van der Waals surface area contributed by atoms with Gasteiger partial charge in [-0.05, 0) is 36.8 Å². The summed E-state index contributed by atoms with van der Waals surface area (Å²) in [6.45, 7) is 0.804. The summed E-state index contributed by atoms with van der Waals surface area (Å²) in [5.74, 6) is -0.186. The molecule has 1 saturated heterocycles. The lowest BCUT2D eigenvalue weighted by Crippen LogP contribution is -2.32. The van der Waals surface area contributed by atoms with E-state index < -0.39 is 18.0 Å². The van der Waals surface area contributed by atoms with Crippen molar-refractivity contribution in [3.05, 3.63) is 59.1 Å². The first kappa shape index (κ1) is 19.4. The van der Waals surface area contributed by atoms with Gasteiger partial charge in [0.25, 0.3) is 5.91 Å². The van der Waals surface area contributed by atoms with Crippen LogP contribution in [0.4, 0.5) is 19.0 Å². The average Bonchev–Trinajstić information content (AvgIpc) is 3.26. The molecule has 0 aliphatic carbocycles. The van der Waals surface area contributed by atoms with E-state index in [1.165, 1.54) is 23.1 Å². The highest BCUT2D eigenvalue weighted by atomic mass is 35.5. The van der Waals surface area contributed by atoms with Gasteiger partial charge in [-0.15, -0.1) is 13.2 Å². The highest BCUT2D eigenvalue weighted by Gasteiger charge is 2.34. The van der Waals surface area contributed by atoms with Crippen LogP contribution < -0.4 is 10.1 Å². The topological polar surface area (TPSA) is 57.4 Å². The summed E-state index contributed by atoms with van der Waals surface area (Å²) in [7, 11) is 0. The maximum absolute atomic E-state index is 12.8. The van der Waals surface area contributed by atoms with Gasteiger partial charge in [-0.2, -0.15) is 0 Å². The van der Waals surface area contributed by atoms with E-state index in [-0.39, 0.29) is 11.6 Å². The lowest BCUT2D eigenvalue weighted by Gasteiger charge is -2.19. The van der Waals surface area contributed by atoms with Crippen LogP contribution in [-0.4, -0.2) is 41.3 Å². The van der Waals surface area contributed by atoms with Crippen molar-refractivity contribution in [2.75, 3.05) is 18.4 Å². The number of para-hydroxylation sites is 1. The number of nitrogens with one attached hydrogen (secondary N) is 2. The van der Waals surface area contributed by atoms with Crippen LogP contribution in [-0.2, 0) is 0 Å². The Morgan fingerprint density at radius 1 is 1.21 bits per heavy atom. The summed E-state index contributed by atoms with van der Waals surface area (Å²) in [4.78, 5) is 17.5. The molecule has 29 heavy (non-hydrogen) atoms. The monoisotopic (exact) mass is 423 g/mol. The summed E-state index contributed by atoms with van der Waals surface area (Å²) >= 11 is 6.00. The van der Waals surface area contributed by atoms with Crippen LogP contribution in [0.1, 0.15) is 16.8 Å². The van der Waals surface area contributed by atoms with E-state index >= 15 is 0 Å². The molecule has 9 heteroatoms. The van der Waals surface area contributed by atoms with Crippen LogP contribution in [0.2, 0.25) is 5.02 Å². The second-order valence-electron chi connectivity index (χ2n) is 6.84. The average molecular weight is 424 g/mol. The van der Waals surface area contributed by atoms with Crippen LogP contribution >= 0.6 is 11.6 Å². The third-order valence-electron chi connectivity index (χ3n) is 4.76. The van der Waals surface area contributed by atoms with Crippen molar-refractivity contribution in [2.45, 2.75) is 18.8 Å². The maximum Gasteiger partial charge on any atom is 0.573 e. The van der Waals surface area contributed by atoms with Crippen LogP contribution in [0, 0.1) is 0 Å². The van der Waals surface area contributed by atoms with E-state index in [1.54, 1.807) is 6.07 Å². The van der Waals surface area contributed by atoms with E-state index in [0.717, 1.165) is 22.8 Å². The summed E-state index contributed by atoms with van der Waals surface area (Å²) in [6.07, 6.45) is -4.19. The zero-order valence-electron chi connectivity index (χ0n) is 15.1. The molecule has 1 aromatic heterocycles. The Morgan fingerprint density at radius 2 is 2.00 bits per heavy atom. The number of likely N-dealkylation sites (tertiary alicyclic amines) is 1. The predicted molar refractivity (Wildman–Crippen MR) is 104 cm³/mol. The molecule has 1 atom stereocenters. The van der Waals surface area contributed by atoms with Crippen molar-refractivity contribution in [2.24, 2.45) is 0 Å². The summed E-state index contributed by atoms with van der Waals surface area (Å²) < 4.78 is 41.8. The number of halogens is 4. The molecule has 0 spiro atoms. The van der Waals surface area contributed by atoms with Gasteiger partial charge < -0.3 is 19.9 Å². The minimum absolute atomic E-state index is 0.0295. The van der Waals surface area contributed by atoms with Gasteiger partial charge in [0.15, 0.2) is 0 Å². The molecule has 1 aliphatic rings. The number of hydrogen-bond donors (Lipinski definition) is 2. The molecule has 1 fully saturated rings. The standard InChI is InChI=1S/C20H17ClF3N3O2/c21-13-6-5-12-9-18(26-16(12)10-13)25-14-7-8-27(11-14)19(28)15-3-1-2-4-17(15)29-20(22,23)24/h1-6,9-10,14,25-26H,7-8,11H2/t14-/m1/s1. The number of alkyl halides is 3. The Hall–Kier alpha value is -2.87. The molecule has 1 amide bonds. The number of aromatic amines is 1. The van der Waals surface area contributed by atoms with Crippen molar-refractivity contribution in [3.8, 4) is 5.75 Å². The fourth-order valence-electron chi connectivity index (χ4n) is 3.49. The molecule has 2 N–H and O–H groups in total. The third kappa shape index (κ3) is 4.42. The van der Waals surface area contributed by atoms with Crippen molar-refractivity contribution >= 4 is 34.2 Å². The second-order valence-corrected chi connectivity index (χ2v) is 7.28. The fourth-order valence-corrected chi connectivity index (χ4v) is 3.66. The highest BCUT2D eigenvalue weighted by molar-refractivity contribution is 6.31. The lowest BCUT2D eigenvalue weighted by atomic mass is 10.2. The molecular weight excluding hydrogens is 407 g/mol. The Bertz CT molecular complexity index is 1050. The number of carbonyl (C=O) groups excluding carboxylic acids is 1.